The van der Waals surface area contributed by atoms with Crippen molar-refractivity contribution in [1.29, 1.82) is 0 Å². The molecular weight excluding hydrogens is 312 g/mol. The standard InChI is InChI=1S/C13H11BrN2O3/c1-8-5-12(16(17)18)13(15-7-8)19-10-3-4-11(14)9(2)6-10/h3-7H,1-2H3. The molecule has 0 saturated heterocycles. The Bertz CT molecular complexity index is 644. The molecule has 1 heterocycles. The molecule has 0 fully saturated rings. The van der Waals surface area contributed by atoms with E-state index < -0.39 is 4.92 Å². The zero-order chi connectivity index (χ0) is 14.0. The number of nitro groups is 1. The summed E-state index contributed by atoms with van der Waals surface area (Å²) in [6, 6.07) is 6.77. The van der Waals surface area contributed by atoms with E-state index in [1.54, 1.807) is 19.1 Å². The number of ether oxygens (including phenoxy) is 1. The third kappa shape index (κ3) is 3.08. The summed E-state index contributed by atoms with van der Waals surface area (Å²) in [7, 11) is 0. The zero-order valence-corrected chi connectivity index (χ0v) is 12.0. The van der Waals surface area contributed by atoms with Crippen LogP contribution in [-0.2, 0) is 0 Å². The molecule has 0 atom stereocenters. The average molecular weight is 323 g/mol. The van der Waals surface area contributed by atoms with Crippen LogP contribution in [0, 0.1) is 24.0 Å². The Morgan fingerprint density at radius 3 is 2.68 bits per heavy atom. The van der Waals surface area contributed by atoms with Crippen LogP contribution in [0.4, 0.5) is 5.69 Å². The first-order valence-corrected chi connectivity index (χ1v) is 6.31. The molecule has 0 aliphatic heterocycles. The maximum Gasteiger partial charge on any atom is 0.331 e. The molecule has 1 aromatic heterocycles. The highest BCUT2D eigenvalue weighted by molar-refractivity contribution is 9.10. The summed E-state index contributed by atoms with van der Waals surface area (Å²) in [6.45, 7) is 3.65. The largest absolute Gasteiger partial charge is 0.434 e. The lowest BCUT2D eigenvalue weighted by atomic mass is 10.2. The maximum atomic E-state index is 11.0. The van der Waals surface area contributed by atoms with Gasteiger partial charge in [0.1, 0.15) is 5.75 Å². The van der Waals surface area contributed by atoms with Gasteiger partial charge in [-0.25, -0.2) is 4.98 Å². The Hall–Kier alpha value is -1.95. The highest BCUT2D eigenvalue weighted by atomic mass is 79.9. The second-order valence-electron chi connectivity index (χ2n) is 4.11. The summed E-state index contributed by atoms with van der Waals surface area (Å²) >= 11 is 3.38. The van der Waals surface area contributed by atoms with Gasteiger partial charge in [0.15, 0.2) is 0 Å². The van der Waals surface area contributed by atoms with Gasteiger partial charge in [0.05, 0.1) is 4.92 Å². The quantitative estimate of drug-likeness (QED) is 0.628. The normalized spacial score (nSPS) is 10.3. The highest BCUT2D eigenvalue weighted by Crippen LogP contribution is 2.31. The predicted octanol–water partition coefficient (Wildman–Crippen LogP) is 4.16. The van der Waals surface area contributed by atoms with Gasteiger partial charge in [-0.2, -0.15) is 0 Å². The fraction of sp³-hybridized carbons (Fsp3) is 0.154. The number of nitrogens with zero attached hydrogens (tertiary/aromatic N) is 2. The van der Waals surface area contributed by atoms with Crippen molar-refractivity contribution < 1.29 is 9.66 Å². The Kier molecular flexibility index (Phi) is 3.80. The van der Waals surface area contributed by atoms with Gasteiger partial charge >= 0.3 is 5.69 Å². The van der Waals surface area contributed by atoms with Crippen LogP contribution in [0.25, 0.3) is 0 Å². The van der Waals surface area contributed by atoms with Crippen LogP contribution < -0.4 is 4.74 Å². The molecule has 0 unspecified atom stereocenters. The van der Waals surface area contributed by atoms with Crippen molar-refractivity contribution >= 4 is 21.6 Å². The number of hydrogen-bond donors (Lipinski definition) is 0. The number of aryl methyl sites for hydroxylation is 2. The molecule has 0 bridgehead atoms. The first-order chi connectivity index (χ1) is 8.97. The van der Waals surface area contributed by atoms with Gasteiger partial charge in [0.25, 0.3) is 5.88 Å². The van der Waals surface area contributed by atoms with Crippen LogP contribution in [0.5, 0.6) is 11.6 Å². The molecule has 2 rings (SSSR count). The minimum Gasteiger partial charge on any atom is -0.434 e. The monoisotopic (exact) mass is 322 g/mol. The first-order valence-electron chi connectivity index (χ1n) is 5.52. The Morgan fingerprint density at radius 2 is 2.05 bits per heavy atom. The molecule has 0 spiro atoms. The number of pyridine rings is 1. The van der Waals surface area contributed by atoms with Crippen LogP contribution >= 0.6 is 15.9 Å². The van der Waals surface area contributed by atoms with E-state index in [-0.39, 0.29) is 11.6 Å². The van der Waals surface area contributed by atoms with Crippen LogP contribution in [0.1, 0.15) is 11.1 Å². The minimum atomic E-state index is -0.499. The van der Waals surface area contributed by atoms with Gasteiger partial charge in [-0.15, -0.1) is 0 Å². The summed E-state index contributed by atoms with van der Waals surface area (Å²) in [4.78, 5) is 14.4. The molecule has 0 N–H and O–H groups in total. The van der Waals surface area contributed by atoms with E-state index in [1.807, 2.05) is 13.0 Å². The first kappa shape index (κ1) is 13.5. The molecule has 19 heavy (non-hydrogen) atoms. The van der Waals surface area contributed by atoms with Gasteiger partial charge in [0, 0.05) is 16.7 Å². The third-order valence-electron chi connectivity index (χ3n) is 2.51. The molecule has 5 nitrogen and oxygen atoms in total. The number of benzene rings is 1. The highest BCUT2D eigenvalue weighted by Gasteiger charge is 2.17. The molecule has 0 amide bonds. The van der Waals surface area contributed by atoms with E-state index in [2.05, 4.69) is 20.9 Å². The molecule has 0 aliphatic rings. The van der Waals surface area contributed by atoms with Crippen LogP contribution in [0.15, 0.2) is 34.9 Å². The molecule has 0 saturated carbocycles. The Morgan fingerprint density at radius 1 is 1.32 bits per heavy atom. The van der Waals surface area contributed by atoms with Gasteiger partial charge < -0.3 is 4.74 Å². The average Bonchev–Trinajstić information content (AvgIpc) is 2.36. The fourth-order valence-electron chi connectivity index (χ4n) is 1.54. The summed E-state index contributed by atoms with van der Waals surface area (Å²) in [5.41, 5.74) is 1.55. The van der Waals surface area contributed by atoms with Crippen molar-refractivity contribution in [2.24, 2.45) is 0 Å². The molecule has 1 aromatic carbocycles. The van der Waals surface area contributed by atoms with Crippen LogP contribution in [0.3, 0.4) is 0 Å². The molecule has 6 heteroatoms. The van der Waals surface area contributed by atoms with Crippen molar-refractivity contribution in [3.05, 3.63) is 56.2 Å². The minimum absolute atomic E-state index is 0.00248. The van der Waals surface area contributed by atoms with E-state index in [0.29, 0.717) is 11.3 Å². The van der Waals surface area contributed by atoms with E-state index in [9.17, 15) is 10.1 Å². The number of aromatic nitrogens is 1. The number of halogens is 1. The molecule has 2 aromatic rings. The van der Waals surface area contributed by atoms with Gasteiger partial charge in [-0.05, 0) is 43.2 Å². The van der Waals surface area contributed by atoms with Crippen molar-refractivity contribution in [2.75, 3.05) is 0 Å². The summed E-state index contributed by atoms with van der Waals surface area (Å²) in [5, 5.41) is 11.0. The molecule has 0 radical (unpaired) electrons. The van der Waals surface area contributed by atoms with Crippen molar-refractivity contribution in [3.8, 4) is 11.6 Å². The van der Waals surface area contributed by atoms with Gasteiger partial charge in [-0.1, -0.05) is 15.9 Å². The van der Waals surface area contributed by atoms with E-state index >= 15 is 0 Å². The van der Waals surface area contributed by atoms with Gasteiger partial charge in [-0.3, -0.25) is 10.1 Å². The second-order valence-corrected chi connectivity index (χ2v) is 4.96. The lowest BCUT2D eigenvalue weighted by Gasteiger charge is -2.07. The van der Waals surface area contributed by atoms with Crippen molar-refractivity contribution in [3.63, 3.8) is 0 Å². The fourth-order valence-corrected chi connectivity index (χ4v) is 1.79. The Labute approximate surface area is 118 Å². The lowest BCUT2D eigenvalue weighted by Crippen LogP contribution is -1.97. The summed E-state index contributed by atoms with van der Waals surface area (Å²) in [5.74, 6) is 0.512. The smallest absolute Gasteiger partial charge is 0.331 e. The molecule has 0 aliphatic carbocycles. The third-order valence-corrected chi connectivity index (χ3v) is 3.40. The SMILES string of the molecule is Cc1cnc(Oc2ccc(Br)c(C)c2)c([N+](=O)[O-])c1. The van der Waals surface area contributed by atoms with Crippen molar-refractivity contribution in [1.82, 2.24) is 4.98 Å². The van der Waals surface area contributed by atoms with E-state index in [0.717, 1.165) is 10.0 Å². The predicted molar refractivity (Wildman–Crippen MR) is 74.6 cm³/mol. The molecule has 98 valence electrons. The molecular formula is C13H11BrN2O3. The number of rotatable bonds is 3. The maximum absolute atomic E-state index is 11.0. The zero-order valence-electron chi connectivity index (χ0n) is 10.4. The lowest BCUT2D eigenvalue weighted by molar-refractivity contribution is -0.386. The van der Waals surface area contributed by atoms with Crippen molar-refractivity contribution in [2.45, 2.75) is 13.8 Å². The van der Waals surface area contributed by atoms with E-state index in [4.69, 9.17) is 4.74 Å². The summed E-state index contributed by atoms with van der Waals surface area (Å²) in [6.07, 6.45) is 1.54. The Balaban J connectivity index is 2.37. The van der Waals surface area contributed by atoms with Crippen LogP contribution in [-0.4, -0.2) is 9.91 Å². The van der Waals surface area contributed by atoms with Gasteiger partial charge in [0.2, 0.25) is 0 Å². The second kappa shape index (κ2) is 5.36. The number of hydrogen-bond acceptors (Lipinski definition) is 4. The van der Waals surface area contributed by atoms with E-state index in [1.165, 1.54) is 12.3 Å². The van der Waals surface area contributed by atoms with Crippen LogP contribution in [0.2, 0.25) is 0 Å². The summed E-state index contributed by atoms with van der Waals surface area (Å²) < 4.78 is 6.44. The topological polar surface area (TPSA) is 65.3 Å².